The number of rotatable bonds is 4. The number of aromatic nitrogens is 4. The smallest absolute Gasteiger partial charge is 0.273 e. The molecule has 1 amide bonds. The molecular formula is C15H14FN5OS. The van der Waals surface area contributed by atoms with E-state index in [-0.39, 0.29) is 17.8 Å². The summed E-state index contributed by atoms with van der Waals surface area (Å²) in [4.78, 5) is 12.0. The maximum atomic E-state index is 13.0. The van der Waals surface area contributed by atoms with Crippen molar-refractivity contribution in [1.29, 1.82) is 0 Å². The first kappa shape index (κ1) is 15.3. The summed E-state index contributed by atoms with van der Waals surface area (Å²) < 4.78 is 22.5. The summed E-state index contributed by atoms with van der Waals surface area (Å²) in [5.41, 5.74) is 2.81. The van der Waals surface area contributed by atoms with Gasteiger partial charge in [-0.1, -0.05) is 0 Å². The van der Waals surface area contributed by atoms with Gasteiger partial charge >= 0.3 is 0 Å². The molecule has 3 rings (SSSR count). The molecular weight excluding hydrogens is 317 g/mol. The number of benzene rings is 1. The van der Waals surface area contributed by atoms with Crippen LogP contribution < -0.4 is 5.32 Å². The van der Waals surface area contributed by atoms with Crippen molar-refractivity contribution in [2.75, 3.05) is 0 Å². The van der Waals surface area contributed by atoms with Crippen molar-refractivity contribution in [1.82, 2.24) is 23.8 Å². The topological polar surface area (TPSA) is 72.7 Å². The summed E-state index contributed by atoms with van der Waals surface area (Å²) >= 11 is 0.989. The summed E-state index contributed by atoms with van der Waals surface area (Å²) in [7, 11) is 0. The highest BCUT2D eigenvalue weighted by atomic mass is 32.1. The largest absolute Gasteiger partial charge is 0.344 e. The number of nitrogens with zero attached hydrogens (tertiary/aromatic N) is 4. The van der Waals surface area contributed by atoms with Crippen molar-refractivity contribution in [2.24, 2.45) is 0 Å². The van der Waals surface area contributed by atoms with Crippen LogP contribution in [0.5, 0.6) is 0 Å². The molecule has 1 atom stereocenters. The van der Waals surface area contributed by atoms with Crippen LogP contribution in [0.15, 0.2) is 36.7 Å². The number of hydrogen-bond acceptors (Lipinski definition) is 5. The van der Waals surface area contributed by atoms with E-state index in [2.05, 4.69) is 19.2 Å². The molecule has 1 N–H and O–H groups in total. The van der Waals surface area contributed by atoms with Crippen molar-refractivity contribution in [2.45, 2.75) is 19.9 Å². The molecule has 0 saturated heterocycles. The fourth-order valence-corrected chi connectivity index (χ4v) is 2.72. The molecule has 23 heavy (non-hydrogen) atoms. The third-order valence-electron chi connectivity index (χ3n) is 3.53. The molecule has 0 radical (unpaired) electrons. The average molecular weight is 331 g/mol. The van der Waals surface area contributed by atoms with Gasteiger partial charge in [0.2, 0.25) is 0 Å². The molecule has 0 aliphatic rings. The zero-order valence-electron chi connectivity index (χ0n) is 12.5. The normalized spacial score (nSPS) is 12.1. The van der Waals surface area contributed by atoms with E-state index in [9.17, 15) is 9.18 Å². The van der Waals surface area contributed by atoms with E-state index < -0.39 is 0 Å². The third-order valence-corrected chi connectivity index (χ3v) is 4.01. The predicted molar refractivity (Wildman–Crippen MR) is 84.0 cm³/mol. The predicted octanol–water partition coefficient (Wildman–Crippen LogP) is 2.66. The summed E-state index contributed by atoms with van der Waals surface area (Å²) in [6.45, 7) is 3.77. The van der Waals surface area contributed by atoms with E-state index in [4.69, 9.17) is 0 Å². The van der Waals surface area contributed by atoms with Crippen LogP contribution in [0.2, 0.25) is 0 Å². The van der Waals surface area contributed by atoms with Crippen LogP contribution in [0.3, 0.4) is 0 Å². The Balaban J connectivity index is 1.81. The molecule has 0 fully saturated rings. The van der Waals surface area contributed by atoms with Crippen LogP contribution in [0.1, 0.15) is 34.7 Å². The van der Waals surface area contributed by atoms with E-state index in [0.717, 1.165) is 28.7 Å². The summed E-state index contributed by atoms with van der Waals surface area (Å²) in [6, 6.07) is 5.85. The van der Waals surface area contributed by atoms with E-state index in [0.29, 0.717) is 5.69 Å². The van der Waals surface area contributed by atoms with Crippen LogP contribution in [0, 0.1) is 12.7 Å². The van der Waals surface area contributed by atoms with Gasteiger partial charge in [0.1, 0.15) is 5.82 Å². The lowest BCUT2D eigenvalue weighted by Gasteiger charge is -2.13. The molecule has 0 aliphatic carbocycles. The SMILES string of the molecule is Cc1c(C(C)NC(=O)c2cnsn2)cnn1-c1ccc(F)cc1. The van der Waals surface area contributed by atoms with Gasteiger partial charge in [-0.15, -0.1) is 0 Å². The minimum Gasteiger partial charge on any atom is -0.344 e. The average Bonchev–Trinajstić information content (AvgIpc) is 3.18. The van der Waals surface area contributed by atoms with Gasteiger partial charge in [-0.2, -0.15) is 13.8 Å². The van der Waals surface area contributed by atoms with E-state index in [1.165, 1.54) is 18.3 Å². The van der Waals surface area contributed by atoms with Crippen molar-refractivity contribution >= 4 is 17.6 Å². The molecule has 0 bridgehead atoms. The molecule has 0 saturated carbocycles. The van der Waals surface area contributed by atoms with Crippen molar-refractivity contribution in [3.05, 3.63) is 59.4 Å². The Kier molecular flexibility index (Phi) is 4.16. The van der Waals surface area contributed by atoms with Gasteiger partial charge in [0.05, 0.1) is 35.9 Å². The molecule has 2 heterocycles. The zero-order chi connectivity index (χ0) is 16.4. The summed E-state index contributed by atoms with van der Waals surface area (Å²) in [5.74, 6) is -0.573. The molecule has 118 valence electrons. The maximum absolute atomic E-state index is 13.0. The number of hydrogen-bond donors (Lipinski definition) is 1. The lowest BCUT2D eigenvalue weighted by Crippen LogP contribution is -2.27. The first-order valence-corrected chi connectivity index (χ1v) is 7.68. The minimum atomic E-state index is -0.295. The van der Waals surface area contributed by atoms with Gasteiger partial charge in [-0.05, 0) is 38.1 Å². The number of halogens is 1. The van der Waals surface area contributed by atoms with Gasteiger partial charge in [0.25, 0.3) is 5.91 Å². The molecule has 2 aromatic heterocycles. The number of carbonyl (C=O) groups is 1. The van der Waals surface area contributed by atoms with Gasteiger partial charge in [0.15, 0.2) is 5.69 Å². The second-order valence-corrected chi connectivity index (χ2v) is 5.62. The summed E-state index contributed by atoms with van der Waals surface area (Å²) in [5, 5.41) is 7.19. The second-order valence-electron chi connectivity index (χ2n) is 5.06. The highest BCUT2D eigenvalue weighted by molar-refractivity contribution is 6.99. The summed E-state index contributed by atoms with van der Waals surface area (Å²) in [6.07, 6.45) is 3.13. The Hall–Kier alpha value is -2.61. The highest BCUT2D eigenvalue weighted by Crippen LogP contribution is 2.20. The monoisotopic (exact) mass is 331 g/mol. The lowest BCUT2D eigenvalue weighted by atomic mass is 10.1. The molecule has 8 heteroatoms. The highest BCUT2D eigenvalue weighted by Gasteiger charge is 2.18. The molecule has 6 nitrogen and oxygen atoms in total. The standard InChI is InChI=1S/C15H14FN5OS/c1-9(19-15(22)14-8-18-23-20-14)13-7-17-21(10(13)2)12-5-3-11(16)4-6-12/h3-9H,1-2H3,(H,19,22). The molecule has 0 aliphatic heterocycles. The van der Waals surface area contributed by atoms with Gasteiger partial charge in [0, 0.05) is 11.3 Å². The van der Waals surface area contributed by atoms with E-state index >= 15 is 0 Å². The van der Waals surface area contributed by atoms with Crippen LogP contribution >= 0.6 is 11.7 Å². The van der Waals surface area contributed by atoms with E-state index in [1.807, 2.05) is 13.8 Å². The van der Waals surface area contributed by atoms with Crippen LogP contribution in [0.4, 0.5) is 4.39 Å². The number of nitrogens with one attached hydrogen (secondary N) is 1. The zero-order valence-corrected chi connectivity index (χ0v) is 13.3. The Morgan fingerprint density at radius 3 is 2.70 bits per heavy atom. The first-order chi connectivity index (χ1) is 11.1. The Morgan fingerprint density at radius 2 is 2.04 bits per heavy atom. The first-order valence-electron chi connectivity index (χ1n) is 6.95. The number of carbonyl (C=O) groups excluding carboxylic acids is 1. The molecule has 1 aromatic carbocycles. The van der Waals surface area contributed by atoms with E-state index in [1.54, 1.807) is 23.0 Å². The Bertz CT molecular complexity index is 813. The third kappa shape index (κ3) is 3.11. The lowest BCUT2D eigenvalue weighted by molar-refractivity contribution is 0.0935. The van der Waals surface area contributed by atoms with Gasteiger partial charge in [-0.3, -0.25) is 4.79 Å². The Morgan fingerprint density at radius 1 is 1.30 bits per heavy atom. The fraction of sp³-hybridized carbons (Fsp3) is 0.200. The molecule has 3 aromatic rings. The van der Waals surface area contributed by atoms with Crippen LogP contribution in [-0.2, 0) is 0 Å². The fourth-order valence-electron chi connectivity index (χ4n) is 2.30. The quantitative estimate of drug-likeness (QED) is 0.798. The molecule has 0 spiro atoms. The second kappa shape index (κ2) is 6.25. The molecule has 1 unspecified atom stereocenters. The Labute approximate surface area is 136 Å². The van der Waals surface area contributed by atoms with Crippen molar-refractivity contribution in [3.8, 4) is 5.69 Å². The van der Waals surface area contributed by atoms with Crippen molar-refractivity contribution in [3.63, 3.8) is 0 Å². The van der Waals surface area contributed by atoms with Crippen LogP contribution in [0.25, 0.3) is 5.69 Å². The van der Waals surface area contributed by atoms with Crippen molar-refractivity contribution < 1.29 is 9.18 Å². The van der Waals surface area contributed by atoms with Crippen LogP contribution in [-0.4, -0.2) is 24.4 Å². The maximum Gasteiger partial charge on any atom is 0.273 e. The van der Waals surface area contributed by atoms with Gasteiger partial charge in [-0.25, -0.2) is 9.07 Å². The number of amides is 1. The van der Waals surface area contributed by atoms with Gasteiger partial charge < -0.3 is 5.32 Å². The minimum absolute atomic E-state index is 0.238.